The monoisotopic (exact) mass is 279 g/mol. The van der Waals surface area contributed by atoms with Crippen LogP contribution in [-0.4, -0.2) is 9.78 Å². The van der Waals surface area contributed by atoms with Gasteiger partial charge in [-0.15, -0.1) is 0 Å². The number of benzene rings is 1. The van der Waals surface area contributed by atoms with Crippen LogP contribution in [0.3, 0.4) is 0 Å². The summed E-state index contributed by atoms with van der Waals surface area (Å²) in [6, 6.07) is 8.28. The van der Waals surface area contributed by atoms with Crippen LogP contribution in [-0.2, 0) is 6.18 Å². The highest BCUT2D eigenvalue weighted by Crippen LogP contribution is 2.34. The Morgan fingerprint density at radius 3 is 2.45 bits per heavy atom. The quantitative estimate of drug-likeness (QED) is 0.837. The number of alkyl halides is 3. The minimum Gasteiger partial charge on any atom is -0.227 e. The van der Waals surface area contributed by atoms with E-state index < -0.39 is 17.4 Å². The Balaban J connectivity index is 2.73. The summed E-state index contributed by atoms with van der Waals surface area (Å²) in [4.78, 5) is 0. The van der Waals surface area contributed by atoms with Crippen molar-refractivity contribution in [3.63, 3.8) is 0 Å². The summed E-state index contributed by atoms with van der Waals surface area (Å²) in [5, 5.41) is 12.6. The Labute approximate surface area is 114 Å². The van der Waals surface area contributed by atoms with E-state index in [9.17, 15) is 13.2 Å². The van der Waals surface area contributed by atoms with E-state index in [2.05, 4.69) is 5.10 Å². The van der Waals surface area contributed by atoms with Gasteiger partial charge in [-0.2, -0.15) is 23.5 Å². The van der Waals surface area contributed by atoms with Gasteiger partial charge in [-0.05, 0) is 17.5 Å². The Kier molecular flexibility index (Phi) is 3.53. The van der Waals surface area contributed by atoms with Crippen molar-refractivity contribution in [3.05, 3.63) is 47.3 Å². The highest BCUT2D eigenvalue weighted by molar-refractivity contribution is 5.46. The molecular formula is C14H12F3N3. The number of rotatable bonds is 2. The van der Waals surface area contributed by atoms with E-state index in [1.165, 1.54) is 6.07 Å². The van der Waals surface area contributed by atoms with Crippen LogP contribution in [0.2, 0.25) is 0 Å². The molecule has 2 rings (SSSR count). The number of para-hydroxylation sites is 1. The fraction of sp³-hybridized carbons (Fsp3) is 0.286. The van der Waals surface area contributed by atoms with Crippen LogP contribution < -0.4 is 0 Å². The summed E-state index contributed by atoms with van der Waals surface area (Å²) in [6.45, 7) is 3.78. The summed E-state index contributed by atoms with van der Waals surface area (Å²) in [5.74, 6) is 0.0435. The average Bonchev–Trinajstić information content (AvgIpc) is 2.82. The van der Waals surface area contributed by atoms with Crippen LogP contribution in [0.4, 0.5) is 13.2 Å². The standard InChI is InChI=1S/C14H12F3N3/c1-9(2)11-5-3-4-6-12(11)20-13(14(15,16)17)10(7-18)8-19-20/h3-6,8-9H,1-2H3. The first-order chi connectivity index (χ1) is 9.36. The van der Waals surface area contributed by atoms with Crippen LogP contribution in [0.25, 0.3) is 5.69 Å². The van der Waals surface area contributed by atoms with Gasteiger partial charge in [-0.25, -0.2) is 4.68 Å². The summed E-state index contributed by atoms with van der Waals surface area (Å²) < 4.78 is 40.2. The SMILES string of the molecule is CC(C)c1ccccc1-n1ncc(C#N)c1C(F)(F)F. The second kappa shape index (κ2) is 5.00. The van der Waals surface area contributed by atoms with E-state index in [1.807, 2.05) is 13.8 Å². The van der Waals surface area contributed by atoms with Crippen molar-refractivity contribution in [1.29, 1.82) is 5.26 Å². The lowest BCUT2D eigenvalue weighted by Crippen LogP contribution is -2.16. The normalized spacial score (nSPS) is 11.7. The van der Waals surface area contributed by atoms with Crippen molar-refractivity contribution in [2.24, 2.45) is 0 Å². The molecule has 1 aromatic carbocycles. The molecular weight excluding hydrogens is 267 g/mol. The second-order valence-corrected chi connectivity index (χ2v) is 4.64. The summed E-state index contributed by atoms with van der Waals surface area (Å²) >= 11 is 0. The van der Waals surface area contributed by atoms with Crippen LogP contribution >= 0.6 is 0 Å². The molecule has 6 heteroatoms. The Morgan fingerprint density at radius 1 is 1.25 bits per heavy atom. The first kappa shape index (κ1) is 14.1. The van der Waals surface area contributed by atoms with Gasteiger partial charge in [0, 0.05) is 0 Å². The summed E-state index contributed by atoms with van der Waals surface area (Å²) in [6.07, 6.45) is -3.69. The largest absolute Gasteiger partial charge is 0.434 e. The minimum atomic E-state index is -4.63. The van der Waals surface area contributed by atoms with Gasteiger partial charge < -0.3 is 0 Å². The van der Waals surface area contributed by atoms with Crippen LogP contribution in [0.5, 0.6) is 0 Å². The van der Waals surface area contributed by atoms with Gasteiger partial charge in [-0.1, -0.05) is 32.0 Å². The molecule has 20 heavy (non-hydrogen) atoms. The lowest BCUT2D eigenvalue weighted by molar-refractivity contribution is -0.143. The van der Waals surface area contributed by atoms with E-state index in [0.717, 1.165) is 16.4 Å². The Hall–Kier alpha value is -2.29. The molecule has 0 saturated heterocycles. The van der Waals surface area contributed by atoms with Crippen molar-refractivity contribution < 1.29 is 13.2 Å². The summed E-state index contributed by atoms with van der Waals surface area (Å²) in [5.41, 5.74) is -0.425. The molecule has 0 aliphatic carbocycles. The molecule has 0 spiro atoms. The predicted molar refractivity (Wildman–Crippen MR) is 67.4 cm³/mol. The Morgan fingerprint density at radius 2 is 1.90 bits per heavy atom. The molecule has 1 heterocycles. The van der Waals surface area contributed by atoms with E-state index in [1.54, 1.807) is 24.3 Å². The van der Waals surface area contributed by atoms with E-state index in [0.29, 0.717) is 5.69 Å². The molecule has 1 aromatic heterocycles. The maximum atomic E-state index is 13.1. The van der Waals surface area contributed by atoms with Crippen LogP contribution in [0, 0.1) is 11.3 Å². The maximum Gasteiger partial charge on any atom is 0.434 e. The molecule has 104 valence electrons. The van der Waals surface area contributed by atoms with E-state index in [-0.39, 0.29) is 5.92 Å². The Bertz CT molecular complexity index is 663. The fourth-order valence-electron chi connectivity index (χ4n) is 2.05. The average molecular weight is 279 g/mol. The zero-order valence-corrected chi connectivity index (χ0v) is 10.9. The van der Waals surface area contributed by atoms with Gasteiger partial charge in [0.2, 0.25) is 0 Å². The van der Waals surface area contributed by atoms with Crippen molar-refractivity contribution in [2.45, 2.75) is 25.9 Å². The topological polar surface area (TPSA) is 41.6 Å². The van der Waals surface area contributed by atoms with Crippen molar-refractivity contribution >= 4 is 0 Å². The van der Waals surface area contributed by atoms with Gasteiger partial charge in [0.15, 0.2) is 5.69 Å². The van der Waals surface area contributed by atoms with Gasteiger partial charge >= 0.3 is 6.18 Å². The molecule has 0 saturated carbocycles. The van der Waals surface area contributed by atoms with Crippen molar-refractivity contribution in [2.75, 3.05) is 0 Å². The molecule has 2 aromatic rings. The maximum absolute atomic E-state index is 13.1. The molecule has 0 radical (unpaired) electrons. The number of aromatic nitrogens is 2. The third kappa shape index (κ3) is 2.39. The zero-order chi connectivity index (χ0) is 14.9. The predicted octanol–water partition coefficient (Wildman–Crippen LogP) is 3.89. The smallest absolute Gasteiger partial charge is 0.227 e. The first-order valence-electron chi connectivity index (χ1n) is 6.01. The molecule has 3 nitrogen and oxygen atoms in total. The van der Waals surface area contributed by atoms with Crippen LogP contribution in [0.1, 0.15) is 36.6 Å². The number of nitrogens with zero attached hydrogens (tertiary/aromatic N) is 3. The van der Waals surface area contributed by atoms with Gasteiger partial charge in [-0.3, -0.25) is 0 Å². The second-order valence-electron chi connectivity index (χ2n) is 4.64. The summed E-state index contributed by atoms with van der Waals surface area (Å²) in [7, 11) is 0. The highest BCUT2D eigenvalue weighted by atomic mass is 19.4. The molecule has 0 bridgehead atoms. The first-order valence-corrected chi connectivity index (χ1v) is 6.01. The fourth-order valence-corrected chi connectivity index (χ4v) is 2.05. The molecule has 0 amide bonds. The molecule has 0 aliphatic heterocycles. The number of halogens is 3. The van der Waals surface area contributed by atoms with E-state index in [4.69, 9.17) is 5.26 Å². The highest BCUT2D eigenvalue weighted by Gasteiger charge is 2.39. The van der Waals surface area contributed by atoms with Crippen molar-refractivity contribution in [3.8, 4) is 11.8 Å². The molecule has 0 fully saturated rings. The molecule has 0 N–H and O–H groups in total. The van der Waals surface area contributed by atoms with Gasteiger partial charge in [0.1, 0.15) is 11.6 Å². The zero-order valence-electron chi connectivity index (χ0n) is 10.9. The number of nitriles is 1. The molecule has 0 aliphatic rings. The molecule has 0 unspecified atom stereocenters. The van der Waals surface area contributed by atoms with Gasteiger partial charge in [0.05, 0.1) is 11.9 Å². The third-order valence-electron chi connectivity index (χ3n) is 2.95. The van der Waals surface area contributed by atoms with Gasteiger partial charge in [0.25, 0.3) is 0 Å². The third-order valence-corrected chi connectivity index (χ3v) is 2.95. The van der Waals surface area contributed by atoms with Crippen LogP contribution in [0.15, 0.2) is 30.5 Å². The van der Waals surface area contributed by atoms with E-state index >= 15 is 0 Å². The lowest BCUT2D eigenvalue weighted by Gasteiger charge is -2.16. The van der Waals surface area contributed by atoms with Crippen molar-refractivity contribution in [1.82, 2.24) is 9.78 Å². The number of hydrogen-bond acceptors (Lipinski definition) is 2. The molecule has 0 atom stereocenters. The minimum absolute atomic E-state index is 0.0435. The number of hydrogen-bond donors (Lipinski definition) is 0. The lowest BCUT2D eigenvalue weighted by atomic mass is 10.0.